The second kappa shape index (κ2) is 11.0. The van der Waals surface area contributed by atoms with Crippen molar-refractivity contribution < 1.29 is 22.4 Å². The fourth-order valence-electron chi connectivity index (χ4n) is 4.88. The Bertz CT molecular complexity index is 1580. The largest absolute Gasteiger partial charge is 0.419 e. The molecule has 9 nitrogen and oxygen atoms in total. The third-order valence-electron chi connectivity index (χ3n) is 7.50. The molecule has 13 heteroatoms. The first kappa shape index (κ1) is 28.3. The molecule has 2 aromatic carbocycles. The summed E-state index contributed by atoms with van der Waals surface area (Å²) in [4.78, 5) is 17.0. The smallest absolute Gasteiger partial charge is 0.367 e. The van der Waals surface area contributed by atoms with Gasteiger partial charge in [0.25, 0.3) is 5.91 Å². The fourth-order valence-corrected chi connectivity index (χ4v) is 4.88. The first-order chi connectivity index (χ1) is 19.5. The molecule has 41 heavy (non-hydrogen) atoms. The van der Waals surface area contributed by atoms with Crippen LogP contribution in [-0.2, 0) is 13.2 Å². The number of nitrogens with zero attached hydrogens (tertiary/aromatic N) is 7. The number of aromatic nitrogens is 5. The topological polar surface area (TPSA) is 84.1 Å². The number of carbonyl (C=O) groups excluding carboxylic acids is 1. The van der Waals surface area contributed by atoms with Gasteiger partial charge in [0.2, 0.25) is 0 Å². The molecule has 216 valence electrons. The number of benzene rings is 2. The Labute approximate surface area is 234 Å². The molecule has 0 spiro atoms. The SMILES string of the molecule is CCN1CCN(c2cc(NC(=O)c3ccc(C)c(-n4cc(-c5cnn(C)c5C)nn4)c3)cc(C(F)(F)F)c2F)CC1. The number of nitrogens with one attached hydrogen (secondary N) is 1. The van der Waals surface area contributed by atoms with E-state index < -0.39 is 23.5 Å². The molecule has 0 aliphatic carbocycles. The normalized spacial score (nSPS) is 14.5. The van der Waals surface area contributed by atoms with Crippen LogP contribution in [0.3, 0.4) is 0 Å². The molecule has 1 saturated heterocycles. The minimum atomic E-state index is -4.93. The average molecular weight is 571 g/mol. The van der Waals surface area contributed by atoms with Crippen LogP contribution in [0.25, 0.3) is 16.9 Å². The number of hydrogen-bond donors (Lipinski definition) is 1. The van der Waals surface area contributed by atoms with Gasteiger partial charge < -0.3 is 15.1 Å². The van der Waals surface area contributed by atoms with E-state index in [1.807, 2.05) is 27.8 Å². The molecule has 0 atom stereocenters. The van der Waals surface area contributed by atoms with Crippen molar-refractivity contribution >= 4 is 17.3 Å². The van der Waals surface area contributed by atoms with Gasteiger partial charge in [0.15, 0.2) is 5.82 Å². The van der Waals surface area contributed by atoms with Crippen molar-refractivity contribution in [2.45, 2.75) is 26.9 Å². The average Bonchev–Trinajstić information content (AvgIpc) is 3.55. The highest BCUT2D eigenvalue weighted by Crippen LogP contribution is 2.38. The van der Waals surface area contributed by atoms with Gasteiger partial charge in [0.1, 0.15) is 5.69 Å². The van der Waals surface area contributed by atoms with E-state index >= 15 is 4.39 Å². The predicted molar refractivity (Wildman–Crippen MR) is 147 cm³/mol. The standard InChI is InChI=1S/C28H30F4N8O/c1-5-38-8-10-39(11-9-38)25-14-20(13-22(26(25)29)28(30,31)32)34-27(41)19-7-6-17(2)24(12-19)40-16-23(35-36-40)21-15-33-37(4)18(21)3/h6-7,12-16H,5,8-11H2,1-4H3,(H,34,41). The van der Waals surface area contributed by atoms with E-state index in [-0.39, 0.29) is 16.9 Å². The number of amides is 1. The molecule has 1 amide bonds. The summed E-state index contributed by atoms with van der Waals surface area (Å²) < 4.78 is 59.7. The maximum atomic E-state index is 15.1. The minimum absolute atomic E-state index is 0.145. The third-order valence-corrected chi connectivity index (χ3v) is 7.50. The maximum absolute atomic E-state index is 15.1. The lowest BCUT2D eigenvalue weighted by molar-refractivity contribution is -0.139. The number of aryl methyl sites for hydroxylation is 2. The molecule has 1 N–H and O–H groups in total. The Morgan fingerprint density at radius 1 is 1.05 bits per heavy atom. The lowest BCUT2D eigenvalue weighted by atomic mass is 10.1. The summed E-state index contributed by atoms with van der Waals surface area (Å²) in [7, 11) is 1.82. The van der Waals surface area contributed by atoms with Crippen molar-refractivity contribution in [2.24, 2.45) is 7.05 Å². The summed E-state index contributed by atoms with van der Waals surface area (Å²) in [6.45, 7) is 8.50. The Balaban J connectivity index is 1.43. The van der Waals surface area contributed by atoms with Gasteiger partial charge in [-0.1, -0.05) is 18.2 Å². The first-order valence-corrected chi connectivity index (χ1v) is 13.2. The van der Waals surface area contributed by atoms with E-state index in [0.717, 1.165) is 23.4 Å². The fraction of sp³-hybridized carbons (Fsp3) is 0.357. The molecule has 3 heterocycles. The zero-order valence-electron chi connectivity index (χ0n) is 23.1. The Hall–Kier alpha value is -4.26. The molecule has 5 rings (SSSR count). The molecule has 1 fully saturated rings. The van der Waals surface area contributed by atoms with Crippen molar-refractivity contribution in [3.8, 4) is 16.9 Å². The predicted octanol–water partition coefficient (Wildman–Crippen LogP) is 4.84. The summed E-state index contributed by atoms with van der Waals surface area (Å²) in [5.74, 6) is -1.99. The van der Waals surface area contributed by atoms with Gasteiger partial charge in [0.05, 0.1) is 29.3 Å². The van der Waals surface area contributed by atoms with Crippen molar-refractivity contribution in [3.63, 3.8) is 0 Å². The van der Waals surface area contributed by atoms with Gasteiger partial charge in [-0.15, -0.1) is 5.10 Å². The van der Waals surface area contributed by atoms with Crippen molar-refractivity contribution in [2.75, 3.05) is 42.9 Å². The molecule has 0 radical (unpaired) electrons. The zero-order valence-corrected chi connectivity index (χ0v) is 23.1. The van der Waals surface area contributed by atoms with E-state index in [4.69, 9.17) is 0 Å². The van der Waals surface area contributed by atoms with E-state index in [9.17, 15) is 18.0 Å². The van der Waals surface area contributed by atoms with Crippen LogP contribution in [0.4, 0.5) is 28.9 Å². The van der Waals surface area contributed by atoms with Gasteiger partial charge in [-0.05, 0) is 50.2 Å². The molecule has 2 aromatic heterocycles. The monoisotopic (exact) mass is 570 g/mol. The second-order valence-corrected chi connectivity index (χ2v) is 10.0. The van der Waals surface area contributed by atoms with E-state index in [1.165, 1.54) is 10.7 Å². The van der Waals surface area contributed by atoms with Gasteiger partial charge >= 0.3 is 6.18 Å². The highest BCUT2D eigenvalue weighted by Gasteiger charge is 2.37. The van der Waals surface area contributed by atoms with Crippen molar-refractivity contribution in [3.05, 3.63) is 70.9 Å². The van der Waals surface area contributed by atoms with Gasteiger partial charge in [-0.25, -0.2) is 9.07 Å². The van der Waals surface area contributed by atoms with Crippen LogP contribution < -0.4 is 10.2 Å². The maximum Gasteiger partial charge on any atom is 0.419 e. The third kappa shape index (κ3) is 5.67. The number of carbonyl (C=O) groups is 1. The van der Waals surface area contributed by atoms with Crippen LogP contribution >= 0.6 is 0 Å². The zero-order chi connectivity index (χ0) is 29.5. The minimum Gasteiger partial charge on any atom is -0.367 e. The Kier molecular flexibility index (Phi) is 7.56. The molecule has 1 aliphatic heterocycles. The number of hydrogen-bond acceptors (Lipinski definition) is 6. The van der Waals surface area contributed by atoms with Crippen LogP contribution in [0.1, 0.15) is 34.1 Å². The molecule has 1 aliphatic rings. The molecular formula is C28H30F4N8O. The quantitative estimate of drug-likeness (QED) is 0.334. The summed E-state index contributed by atoms with van der Waals surface area (Å²) in [5.41, 5.74) is 2.14. The molecule has 0 bridgehead atoms. The van der Waals surface area contributed by atoms with Crippen LogP contribution in [0.2, 0.25) is 0 Å². The molecular weight excluding hydrogens is 540 g/mol. The number of likely N-dealkylation sites (N-methyl/N-ethyl adjacent to an activating group) is 1. The van der Waals surface area contributed by atoms with E-state index in [2.05, 4.69) is 25.6 Å². The van der Waals surface area contributed by atoms with Crippen LogP contribution in [0, 0.1) is 19.7 Å². The molecule has 4 aromatic rings. The summed E-state index contributed by atoms with van der Waals surface area (Å²) in [6, 6.07) is 6.76. The van der Waals surface area contributed by atoms with Gasteiger partial charge in [0, 0.05) is 55.7 Å². The summed E-state index contributed by atoms with van der Waals surface area (Å²) in [6.07, 6.45) is -1.52. The highest BCUT2D eigenvalue weighted by atomic mass is 19.4. The first-order valence-electron chi connectivity index (χ1n) is 13.2. The van der Waals surface area contributed by atoms with Crippen LogP contribution in [-0.4, -0.2) is 68.3 Å². The highest BCUT2D eigenvalue weighted by molar-refractivity contribution is 6.05. The number of rotatable bonds is 6. The molecule has 0 unspecified atom stereocenters. The lowest BCUT2D eigenvalue weighted by Gasteiger charge is -2.36. The Morgan fingerprint density at radius 2 is 1.78 bits per heavy atom. The number of anilines is 2. The number of halogens is 4. The van der Waals surface area contributed by atoms with Crippen LogP contribution in [0.5, 0.6) is 0 Å². The van der Waals surface area contributed by atoms with Crippen molar-refractivity contribution in [1.29, 1.82) is 0 Å². The number of alkyl halides is 3. The second-order valence-electron chi connectivity index (χ2n) is 10.0. The van der Waals surface area contributed by atoms with Gasteiger partial charge in [-0.2, -0.15) is 18.3 Å². The lowest BCUT2D eigenvalue weighted by Crippen LogP contribution is -2.46. The van der Waals surface area contributed by atoms with E-state index in [1.54, 1.807) is 40.2 Å². The summed E-state index contributed by atoms with van der Waals surface area (Å²) >= 11 is 0. The van der Waals surface area contributed by atoms with Gasteiger partial charge in [-0.3, -0.25) is 9.48 Å². The van der Waals surface area contributed by atoms with E-state index in [0.29, 0.717) is 43.6 Å². The van der Waals surface area contributed by atoms with Crippen LogP contribution in [0.15, 0.2) is 42.7 Å². The molecule has 0 saturated carbocycles. The number of piperazine rings is 1. The summed E-state index contributed by atoms with van der Waals surface area (Å²) in [5, 5.41) is 15.2. The Morgan fingerprint density at radius 3 is 2.41 bits per heavy atom. The van der Waals surface area contributed by atoms with Crippen molar-refractivity contribution in [1.82, 2.24) is 29.7 Å².